The van der Waals surface area contributed by atoms with Gasteiger partial charge in [0, 0.05) is 5.69 Å². The fraction of sp³-hybridized carbons (Fsp3) is 0.273. The van der Waals surface area contributed by atoms with E-state index in [0.29, 0.717) is 22.2 Å². The standard InChI is InChI=1S/C11H9Cl2NO3/c12-7-2-5-1-6(3-10(15)16)11(17)14-9(5)4-8(7)13/h2,4,6H,1,3H2,(H,14,17)(H,15,16). The largest absolute Gasteiger partial charge is 0.481 e. The molecule has 1 amide bonds. The molecule has 0 saturated heterocycles. The van der Waals surface area contributed by atoms with Gasteiger partial charge in [0.15, 0.2) is 0 Å². The molecule has 2 N–H and O–H groups in total. The minimum Gasteiger partial charge on any atom is -0.481 e. The van der Waals surface area contributed by atoms with Crippen molar-refractivity contribution < 1.29 is 14.7 Å². The van der Waals surface area contributed by atoms with Gasteiger partial charge in [0.2, 0.25) is 5.91 Å². The van der Waals surface area contributed by atoms with Crippen LogP contribution in [-0.4, -0.2) is 17.0 Å². The van der Waals surface area contributed by atoms with E-state index in [1.807, 2.05) is 0 Å². The highest BCUT2D eigenvalue weighted by Crippen LogP contribution is 2.34. The Morgan fingerprint density at radius 3 is 2.71 bits per heavy atom. The summed E-state index contributed by atoms with van der Waals surface area (Å²) in [6, 6.07) is 3.24. The molecule has 1 atom stereocenters. The summed E-state index contributed by atoms with van der Waals surface area (Å²) in [4.78, 5) is 22.3. The molecule has 0 saturated carbocycles. The minimum absolute atomic E-state index is 0.189. The third kappa shape index (κ3) is 2.53. The highest BCUT2D eigenvalue weighted by Gasteiger charge is 2.28. The minimum atomic E-state index is -0.992. The molecule has 0 aliphatic carbocycles. The Labute approximate surface area is 108 Å². The fourth-order valence-corrected chi connectivity index (χ4v) is 2.19. The van der Waals surface area contributed by atoms with Crippen molar-refractivity contribution in [2.45, 2.75) is 12.8 Å². The fourth-order valence-electron chi connectivity index (χ4n) is 1.84. The molecular formula is C11H9Cl2NO3. The second-order valence-electron chi connectivity index (χ2n) is 3.91. The average molecular weight is 274 g/mol. The van der Waals surface area contributed by atoms with Gasteiger partial charge in [0.1, 0.15) is 0 Å². The molecule has 2 rings (SSSR count). The Morgan fingerprint density at radius 2 is 2.06 bits per heavy atom. The van der Waals surface area contributed by atoms with Gasteiger partial charge in [-0.05, 0) is 24.1 Å². The van der Waals surface area contributed by atoms with Crippen molar-refractivity contribution in [3.8, 4) is 0 Å². The summed E-state index contributed by atoms with van der Waals surface area (Å²) in [6.45, 7) is 0. The Kier molecular flexibility index (Phi) is 3.26. The number of rotatable bonds is 2. The molecule has 90 valence electrons. The van der Waals surface area contributed by atoms with Gasteiger partial charge in [-0.3, -0.25) is 9.59 Å². The van der Waals surface area contributed by atoms with Crippen molar-refractivity contribution in [3.63, 3.8) is 0 Å². The Balaban J connectivity index is 2.31. The number of fused-ring (bicyclic) bond motifs is 1. The predicted octanol–water partition coefficient (Wildman–Crippen LogP) is 2.58. The third-order valence-electron chi connectivity index (χ3n) is 2.66. The highest BCUT2D eigenvalue weighted by atomic mass is 35.5. The van der Waals surface area contributed by atoms with Crippen molar-refractivity contribution in [2.75, 3.05) is 5.32 Å². The molecule has 1 aliphatic rings. The van der Waals surface area contributed by atoms with E-state index in [-0.39, 0.29) is 12.3 Å². The maximum absolute atomic E-state index is 11.6. The summed E-state index contributed by atoms with van der Waals surface area (Å²) in [5, 5.41) is 12.1. The molecule has 1 aromatic carbocycles. The van der Waals surface area contributed by atoms with Gasteiger partial charge in [-0.2, -0.15) is 0 Å². The number of carbonyl (C=O) groups excluding carboxylic acids is 1. The van der Waals surface area contributed by atoms with E-state index < -0.39 is 11.9 Å². The van der Waals surface area contributed by atoms with Crippen molar-refractivity contribution in [2.24, 2.45) is 5.92 Å². The average Bonchev–Trinajstić information content (AvgIpc) is 2.22. The zero-order valence-corrected chi connectivity index (χ0v) is 10.2. The summed E-state index contributed by atoms with van der Waals surface area (Å²) in [5.74, 6) is -1.84. The van der Waals surface area contributed by atoms with Gasteiger partial charge in [-0.15, -0.1) is 0 Å². The Bertz CT molecular complexity index is 502. The summed E-state index contributed by atoms with van der Waals surface area (Å²) in [7, 11) is 0. The lowest BCUT2D eigenvalue weighted by atomic mass is 9.91. The van der Waals surface area contributed by atoms with E-state index >= 15 is 0 Å². The van der Waals surface area contributed by atoms with Crippen LogP contribution in [-0.2, 0) is 16.0 Å². The quantitative estimate of drug-likeness (QED) is 0.871. The van der Waals surface area contributed by atoms with Gasteiger partial charge in [0.05, 0.1) is 22.4 Å². The Hall–Kier alpha value is -1.26. The number of anilines is 1. The van der Waals surface area contributed by atoms with E-state index in [4.69, 9.17) is 28.3 Å². The number of aliphatic carboxylic acids is 1. The number of halogens is 2. The lowest BCUT2D eigenvalue weighted by molar-refractivity contribution is -0.140. The number of benzene rings is 1. The summed E-state index contributed by atoms with van der Waals surface area (Å²) in [6.07, 6.45) is 0.176. The molecule has 0 fully saturated rings. The third-order valence-corrected chi connectivity index (χ3v) is 3.38. The molecule has 1 heterocycles. The molecule has 0 aromatic heterocycles. The van der Waals surface area contributed by atoms with Gasteiger partial charge in [0.25, 0.3) is 0 Å². The molecular weight excluding hydrogens is 265 g/mol. The second-order valence-corrected chi connectivity index (χ2v) is 4.73. The van der Waals surface area contributed by atoms with Gasteiger partial charge < -0.3 is 10.4 Å². The van der Waals surface area contributed by atoms with E-state index in [2.05, 4.69) is 5.32 Å². The molecule has 0 bridgehead atoms. The molecule has 0 spiro atoms. The Morgan fingerprint density at radius 1 is 1.41 bits per heavy atom. The lowest BCUT2D eigenvalue weighted by Crippen LogP contribution is -2.31. The maximum Gasteiger partial charge on any atom is 0.304 e. The van der Waals surface area contributed by atoms with Gasteiger partial charge >= 0.3 is 5.97 Å². The normalized spacial score (nSPS) is 18.5. The molecule has 6 heteroatoms. The zero-order valence-electron chi connectivity index (χ0n) is 8.67. The van der Waals surface area contributed by atoms with Crippen LogP contribution in [0.4, 0.5) is 5.69 Å². The van der Waals surface area contributed by atoms with Crippen LogP contribution in [0.1, 0.15) is 12.0 Å². The van der Waals surface area contributed by atoms with Crippen LogP contribution in [0.3, 0.4) is 0 Å². The molecule has 0 radical (unpaired) electrons. The van der Waals surface area contributed by atoms with E-state index in [1.165, 1.54) is 0 Å². The number of carbonyl (C=O) groups is 2. The van der Waals surface area contributed by atoms with Crippen LogP contribution < -0.4 is 5.32 Å². The highest BCUT2D eigenvalue weighted by molar-refractivity contribution is 6.42. The second kappa shape index (κ2) is 4.55. The molecule has 1 aromatic rings. The molecule has 4 nitrogen and oxygen atoms in total. The van der Waals surface area contributed by atoms with E-state index in [1.54, 1.807) is 12.1 Å². The van der Waals surface area contributed by atoms with E-state index in [9.17, 15) is 9.59 Å². The zero-order chi connectivity index (χ0) is 12.6. The first kappa shape index (κ1) is 12.2. The van der Waals surface area contributed by atoms with Gasteiger partial charge in [-0.25, -0.2) is 0 Å². The first-order valence-corrected chi connectivity index (χ1v) is 5.73. The van der Waals surface area contributed by atoms with Crippen LogP contribution in [0.2, 0.25) is 10.0 Å². The van der Waals surface area contributed by atoms with Crippen LogP contribution in [0.25, 0.3) is 0 Å². The SMILES string of the molecule is O=C(O)CC1Cc2cc(Cl)c(Cl)cc2NC1=O. The summed E-state index contributed by atoms with van der Waals surface area (Å²) in [5.41, 5.74) is 1.41. The van der Waals surface area contributed by atoms with Crippen molar-refractivity contribution in [1.29, 1.82) is 0 Å². The predicted molar refractivity (Wildman–Crippen MR) is 64.5 cm³/mol. The number of amides is 1. The van der Waals surface area contributed by atoms with Gasteiger partial charge in [-0.1, -0.05) is 23.2 Å². The number of carboxylic acid groups (broad SMARTS) is 1. The van der Waals surface area contributed by atoms with Crippen LogP contribution in [0.15, 0.2) is 12.1 Å². The molecule has 1 aliphatic heterocycles. The molecule has 1 unspecified atom stereocenters. The summed E-state index contributed by atoms with van der Waals surface area (Å²) >= 11 is 11.7. The first-order chi connectivity index (χ1) is 7.97. The summed E-state index contributed by atoms with van der Waals surface area (Å²) < 4.78 is 0. The van der Waals surface area contributed by atoms with Crippen LogP contribution in [0, 0.1) is 5.92 Å². The topological polar surface area (TPSA) is 66.4 Å². The van der Waals surface area contributed by atoms with Crippen LogP contribution in [0.5, 0.6) is 0 Å². The first-order valence-electron chi connectivity index (χ1n) is 4.98. The molecule has 17 heavy (non-hydrogen) atoms. The lowest BCUT2D eigenvalue weighted by Gasteiger charge is -2.24. The van der Waals surface area contributed by atoms with Crippen molar-refractivity contribution in [3.05, 3.63) is 27.7 Å². The smallest absolute Gasteiger partial charge is 0.304 e. The maximum atomic E-state index is 11.6. The monoisotopic (exact) mass is 273 g/mol. The number of nitrogens with one attached hydrogen (secondary N) is 1. The van der Waals surface area contributed by atoms with Crippen molar-refractivity contribution in [1.82, 2.24) is 0 Å². The van der Waals surface area contributed by atoms with Crippen LogP contribution >= 0.6 is 23.2 Å². The number of hydrogen-bond acceptors (Lipinski definition) is 2. The number of carboxylic acids is 1. The van der Waals surface area contributed by atoms with Crippen molar-refractivity contribution >= 4 is 40.8 Å². The number of hydrogen-bond donors (Lipinski definition) is 2. The van der Waals surface area contributed by atoms with E-state index in [0.717, 1.165) is 5.56 Å².